The number of amides is 1. The molecule has 3 N–H and O–H groups in total. The van der Waals surface area contributed by atoms with E-state index in [1.54, 1.807) is 17.0 Å². The normalized spacial score (nSPS) is 25.0. The Labute approximate surface area is 144 Å². The molecular weight excluding hydrogens is 307 g/mol. The topological polar surface area (TPSA) is 56.4 Å². The Hall–Kier alpha value is -1.50. The van der Waals surface area contributed by atoms with E-state index in [0.29, 0.717) is 30.1 Å². The smallest absolute Gasteiger partial charge is 0.241 e. The maximum absolute atomic E-state index is 13.4. The second-order valence-corrected chi connectivity index (χ2v) is 6.88. The van der Waals surface area contributed by atoms with Crippen LogP contribution in [0.3, 0.4) is 0 Å². The van der Waals surface area contributed by atoms with Gasteiger partial charge in [0.15, 0.2) is 0 Å². The lowest BCUT2D eigenvalue weighted by Crippen LogP contribution is -2.37. The number of nitrogens with zero attached hydrogens (tertiary/aromatic N) is 1. The highest BCUT2D eigenvalue weighted by molar-refractivity contribution is 5.83. The Kier molecular flexibility index (Phi) is 6.71. The Balaban J connectivity index is 1.85. The zero-order valence-corrected chi connectivity index (χ0v) is 15.0. The van der Waals surface area contributed by atoms with Gasteiger partial charge >= 0.3 is 0 Å². The van der Waals surface area contributed by atoms with Crippen molar-refractivity contribution >= 4 is 5.91 Å². The van der Waals surface area contributed by atoms with Crippen LogP contribution in [-0.2, 0) is 4.79 Å². The van der Waals surface area contributed by atoms with Crippen LogP contribution in [0.4, 0.5) is 4.39 Å². The number of hydrazine groups is 1. The summed E-state index contributed by atoms with van der Waals surface area (Å²) in [6, 6.07) is 6.64. The molecule has 0 saturated carbocycles. The molecule has 3 unspecified atom stereocenters. The predicted molar refractivity (Wildman–Crippen MR) is 93.8 cm³/mol. The number of halogens is 1. The molecular formula is C18H29FN4O. The van der Waals surface area contributed by atoms with Gasteiger partial charge < -0.3 is 5.32 Å². The van der Waals surface area contributed by atoms with Crippen LogP contribution in [0.2, 0.25) is 0 Å². The number of carbonyl (C=O) groups excluding carboxylic acids is 1. The fourth-order valence-electron chi connectivity index (χ4n) is 3.42. The number of carbonyl (C=O) groups is 1. The fraction of sp³-hybridized carbons (Fsp3) is 0.611. The van der Waals surface area contributed by atoms with Gasteiger partial charge in [-0.25, -0.2) is 4.39 Å². The Morgan fingerprint density at radius 2 is 1.96 bits per heavy atom. The third kappa shape index (κ3) is 4.75. The molecule has 6 heteroatoms. The van der Waals surface area contributed by atoms with E-state index in [1.165, 1.54) is 12.1 Å². The van der Waals surface area contributed by atoms with Gasteiger partial charge in [0.05, 0.1) is 0 Å². The minimum atomic E-state index is -0.478. The lowest BCUT2D eigenvalue weighted by Gasteiger charge is -2.24. The molecule has 5 nitrogen and oxygen atoms in total. The summed E-state index contributed by atoms with van der Waals surface area (Å²) in [6.07, 6.45) is 1.98. The van der Waals surface area contributed by atoms with E-state index in [4.69, 9.17) is 0 Å². The molecule has 1 heterocycles. The van der Waals surface area contributed by atoms with Crippen molar-refractivity contribution in [1.82, 2.24) is 21.1 Å². The number of rotatable bonds is 7. The summed E-state index contributed by atoms with van der Waals surface area (Å²) in [6.45, 7) is 4.98. The van der Waals surface area contributed by atoms with E-state index < -0.39 is 6.04 Å². The first-order valence-electron chi connectivity index (χ1n) is 8.60. The Morgan fingerprint density at radius 1 is 1.29 bits per heavy atom. The van der Waals surface area contributed by atoms with Crippen molar-refractivity contribution in [2.75, 3.05) is 20.6 Å². The Morgan fingerprint density at radius 3 is 2.54 bits per heavy atom. The molecule has 1 aliphatic rings. The van der Waals surface area contributed by atoms with Crippen LogP contribution in [0, 0.1) is 11.7 Å². The van der Waals surface area contributed by atoms with Gasteiger partial charge in [-0.05, 0) is 64.4 Å². The van der Waals surface area contributed by atoms with E-state index >= 15 is 0 Å². The molecule has 1 saturated heterocycles. The third-order valence-electron chi connectivity index (χ3n) is 4.77. The van der Waals surface area contributed by atoms with Crippen LogP contribution in [0.15, 0.2) is 24.3 Å². The predicted octanol–water partition coefficient (Wildman–Crippen LogP) is 1.83. The summed E-state index contributed by atoms with van der Waals surface area (Å²) in [5, 5.41) is 2.99. The number of likely N-dealkylation sites (N-methyl/N-ethyl adjacent to an activating group) is 1. The summed E-state index contributed by atoms with van der Waals surface area (Å²) < 4.78 is 13.4. The van der Waals surface area contributed by atoms with Crippen molar-refractivity contribution in [3.63, 3.8) is 0 Å². The van der Waals surface area contributed by atoms with Crippen molar-refractivity contribution in [2.24, 2.45) is 5.92 Å². The molecule has 1 aromatic carbocycles. The average Bonchev–Trinajstić information content (AvgIpc) is 2.83. The maximum atomic E-state index is 13.4. The molecule has 24 heavy (non-hydrogen) atoms. The molecule has 0 spiro atoms. The van der Waals surface area contributed by atoms with Gasteiger partial charge in [0.25, 0.3) is 0 Å². The molecule has 1 amide bonds. The van der Waals surface area contributed by atoms with E-state index in [-0.39, 0.29) is 11.7 Å². The lowest BCUT2D eigenvalue weighted by molar-refractivity contribution is -0.125. The quantitative estimate of drug-likeness (QED) is 0.665. The van der Waals surface area contributed by atoms with Gasteiger partial charge in [-0.3, -0.25) is 20.5 Å². The van der Waals surface area contributed by atoms with Crippen LogP contribution in [-0.4, -0.2) is 43.5 Å². The number of hydrogen-bond donors (Lipinski definition) is 3. The van der Waals surface area contributed by atoms with Crippen molar-refractivity contribution in [1.29, 1.82) is 0 Å². The summed E-state index contributed by atoms with van der Waals surface area (Å²) >= 11 is 0. The second kappa shape index (κ2) is 8.55. The van der Waals surface area contributed by atoms with Gasteiger partial charge in [-0.1, -0.05) is 12.1 Å². The summed E-state index contributed by atoms with van der Waals surface area (Å²) in [7, 11) is 3.66. The van der Waals surface area contributed by atoms with E-state index in [9.17, 15) is 9.18 Å². The van der Waals surface area contributed by atoms with Gasteiger partial charge in [0.1, 0.15) is 11.9 Å². The number of nitrogens with one attached hydrogen (secondary N) is 3. The SMILES string of the molecule is CC1NNC(C)C1CCCNC(=O)C(c1cccc(F)c1)N(C)C. The average molecular weight is 336 g/mol. The van der Waals surface area contributed by atoms with Crippen LogP contribution < -0.4 is 16.2 Å². The maximum Gasteiger partial charge on any atom is 0.241 e. The fourth-order valence-corrected chi connectivity index (χ4v) is 3.42. The third-order valence-corrected chi connectivity index (χ3v) is 4.77. The minimum Gasteiger partial charge on any atom is -0.354 e. The molecule has 134 valence electrons. The lowest BCUT2D eigenvalue weighted by atomic mass is 9.92. The molecule has 3 atom stereocenters. The van der Waals surface area contributed by atoms with Crippen molar-refractivity contribution in [3.05, 3.63) is 35.6 Å². The van der Waals surface area contributed by atoms with Gasteiger partial charge in [-0.2, -0.15) is 0 Å². The first-order valence-corrected chi connectivity index (χ1v) is 8.60. The van der Waals surface area contributed by atoms with Crippen LogP contribution in [0.1, 0.15) is 38.3 Å². The molecule has 1 aromatic rings. The van der Waals surface area contributed by atoms with Crippen molar-refractivity contribution in [2.45, 2.75) is 44.8 Å². The van der Waals surface area contributed by atoms with E-state index in [1.807, 2.05) is 14.1 Å². The highest BCUT2D eigenvalue weighted by Crippen LogP contribution is 2.21. The largest absolute Gasteiger partial charge is 0.354 e. The van der Waals surface area contributed by atoms with Crippen molar-refractivity contribution < 1.29 is 9.18 Å². The summed E-state index contributed by atoms with van der Waals surface area (Å²) in [5.74, 6) is 0.153. The van der Waals surface area contributed by atoms with Crippen LogP contribution >= 0.6 is 0 Å². The molecule has 1 aliphatic heterocycles. The first-order chi connectivity index (χ1) is 11.4. The van der Waals surface area contributed by atoms with Crippen LogP contribution in [0.25, 0.3) is 0 Å². The first kappa shape index (κ1) is 18.8. The zero-order chi connectivity index (χ0) is 17.7. The van der Waals surface area contributed by atoms with E-state index in [0.717, 1.165) is 12.8 Å². The molecule has 2 rings (SSSR count). The van der Waals surface area contributed by atoms with Crippen LogP contribution in [0.5, 0.6) is 0 Å². The second-order valence-electron chi connectivity index (χ2n) is 6.88. The molecule has 0 bridgehead atoms. The van der Waals surface area contributed by atoms with Gasteiger partial charge in [-0.15, -0.1) is 0 Å². The van der Waals surface area contributed by atoms with E-state index in [2.05, 4.69) is 30.0 Å². The van der Waals surface area contributed by atoms with Gasteiger partial charge in [0.2, 0.25) is 5.91 Å². The highest BCUT2D eigenvalue weighted by atomic mass is 19.1. The standard InChI is InChI=1S/C18H29FN4O/c1-12-16(13(2)22-21-12)9-6-10-20-18(24)17(23(3)4)14-7-5-8-15(19)11-14/h5,7-8,11-13,16-17,21-22H,6,9-10H2,1-4H3,(H,20,24). The monoisotopic (exact) mass is 336 g/mol. The van der Waals surface area contributed by atoms with Crippen molar-refractivity contribution in [3.8, 4) is 0 Å². The molecule has 1 fully saturated rings. The minimum absolute atomic E-state index is 0.0885. The number of hydrogen-bond acceptors (Lipinski definition) is 4. The zero-order valence-electron chi connectivity index (χ0n) is 15.0. The molecule has 0 aliphatic carbocycles. The molecule has 0 radical (unpaired) electrons. The Bertz CT molecular complexity index is 542. The van der Waals surface area contributed by atoms with Gasteiger partial charge in [0, 0.05) is 18.6 Å². The summed E-state index contributed by atoms with van der Waals surface area (Å²) in [5.41, 5.74) is 7.17. The summed E-state index contributed by atoms with van der Waals surface area (Å²) in [4.78, 5) is 14.3. The molecule has 0 aromatic heterocycles. The highest BCUT2D eigenvalue weighted by Gasteiger charge is 2.29. The number of benzene rings is 1.